The molecule has 24 heavy (non-hydrogen) atoms. The summed E-state index contributed by atoms with van der Waals surface area (Å²) in [5.74, 6) is -0.192. The van der Waals surface area contributed by atoms with E-state index in [9.17, 15) is 8.42 Å². The van der Waals surface area contributed by atoms with Gasteiger partial charge in [-0.05, 0) is 51.0 Å². The Balaban J connectivity index is 0.00000288. The Labute approximate surface area is 156 Å². The van der Waals surface area contributed by atoms with Crippen molar-refractivity contribution in [3.8, 4) is 0 Å². The molecule has 2 aromatic carbocycles. The van der Waals surface area contributed by atoms with Crippen LogP contribution >= 0.6 is 0 Å². The first-order valence-corrected chi connectivity index (χ1v) is 9.32. The molecule has 0 saturated heterocycles. The number of hydrogen-bond donors (Lipinski definition) is 1. The van der Waals surface area contributed by atoms with Gasteiger partial charge in [0, 0.05) is 17.9 Å². The fourth-order valence-electron chi connectivity index (χ4n) is 2.41. The third kappa shape index (κ3) is 6.70. The van der Waals surface area contributed by atoms with Gasteiger partial charge in [0.2, 0.25) is 0 Å². The van der Waals surface area contributed by atoms with Gasteiger partial charge in [-0.15, -0.1) is 0 Å². The van der Waals surface area contributed by atoms with Crippen molar-refractivity contribution >= 4 is 40.4 Å². The van der Waals surface area contributed by atoms with Gasteiger partial charge in [-0.25, -0.2) is 0 Å². The van der Waals surface area contributed by atoms with Crippen molar-refractivity contribution in [2.45, 2.75) is 26.7 Å². The first kappa shape index (κ1) is 20.8. The summed E-state index contributed by atoms with van der Waals surface area (Å²) >= 11 is 0. The zero-order valence-corrected chi connectivity index (χ0v) is 14.4. The molecule has 0 fully saturated rings. The molecule has 0 spiro atoms. The van der Waals surface area contributed by atoms with Crippen molar-refractivity contribution in [3.63, 3.8) is 0 Å². The van der Waals surface area contributed by atoms with E-state index in [1.165, 1.54) is 11.1 Å². The Morgan fingerprint density at radius 3 is 1.62 bits per heavy atom. The van der Waals surface area contributed by atoms with E-state index in [1.807, 2.05) is 13.8 Å². The summed E-state index contributed by atoms with van der Waals surface area (Å²) in [6.07, 6.45) is 1.12. The number of benzene rings is 2. The van der Waals surface area contributed by atoms with E-state index >= 15 is 0 Å². The second-order valence-corrected chi connectivity index (χ2v) is 7.39. The SMILES string of the molecule is Cc1ccc(N(CCCCS(=O)(=O)O)c2ccc(C)cc2)cc1.[LiH]. The maximum atomic E-state index is 10.8. The van der Waals surface area contributed by atoms with Crippen molar-refractivity contribution in [3.05, 3.63) is 59.7 Å². The van der Waals surface area contributed by atoms with Crippen molar-refractivity contribution in [1.82, 2.24) is 0 Å². The second-order valence-electron chi connectivity index (χ2n) is 5.82. The topological polar surface area (TPSA) is 57.6 Å². The fourth-order valence-corrected chi connectivity index (χ4v) is 2.98. The quantitative estimate of drug-likeness (QED) is 0.476. The van der Waals surface area contributed by atoms with Crippen molar-refractivity contribution in [2.75, 3.05) is 17.2 Å². The number of nitrogens with zero attached hydrogens (tertiary/aromatic N) is 1. The zero-order valence-electron chi connectivity index (χ0n) is 13.6. The monoisotopic (exact) mass is 341 g/mol. The first-order valence-electron chi connectivity index (χ1n) is 7.71. The van der Waals surface area contributed by atoms with Crippen LogP contribution in [0.5, 0.6) is 0 Å². The van der Waals surface area contributed by atoms with Crippen LogP contribution < -0.4 is 4.90 Å². The van der Waals surface area contributed by atoms with Gasteiger partial charge >= 0.3 is 18.9 Å². The second kappa shape index (κ2) is 9.29. The molecule has 6 heteroatoms. The van der Waals surface area contributed by atoms with Crippen molar-refractivity contribution < 1.29 is 13.0 Å². The minimum atomic E-state index is -3.88. The van der Waals surface area contributed by atoms with Crippen LogP contribution in [-0.2, 0) is 10.1 Å². The molecule has 0 aliphatic carbocycles. The van der Waals surface area contributed by atoms with E-state index in [0.29, 0.717) is 19.4 Å². The summed E-state index contributed by atoms with van der Waals surface area (Å²) in [7, 11) is -3.88. The molecule has 0 unspecified atom stereocenters. The molecule has 126 valence electrons. The predicted molar refractivity (Wildman–Crippen MR) is 102 cm³/mol. The van der Waals surface area contributed by atoms with E-state index in [1.54, 1.807) is 0 Å². The molecular weight excluding hydrogens is 317 g/mol. The molecule has 2 rings (SSSR count). The molecule has 1 N–H and O–H groups in total. The summed E-state index contributed by atoms with van der Waals surface area (Å²) in [4.78, 5) is 2.17. The molecule has 0 aliphatic heterocycles. The third-order valence-electron chi connectivity index (χ3n) is 3.73. The van der Waals surface area contributed by atoms with Crippen LogP contribution in [0.3, 0.4) is 0 Å². The Bertz CT molecular complexity index is 682. The Hall–Kier alpha value is -1.25. The molecular formula is C18H24LiNO3S. The van der Waals surface area contributed by atoms with Crippen LogP contribution in [0.15, 0.2) is 48.5 Å². The number of hydrogen-bond acceptors (Lipinski definition) is 3. The number of aryl methyl sites for hydroxylation is 2. The summed E-state index contributed by atoms with van der Waals surface area (Å²) in [5.41, 5.74) is 4.55. The van der Waals surface area contributed by atoms with Crippen LogP contribution in [0.2, 0.25) is 0 Å². The van der Waals surface area contributed by atoms with Crippen molar-refractivity contribution in [1.29, 1.82) is 0 Å². The van der Waals surface area contributed by atoms with Crippen LogP contribution in [0.25, 0.3) is 0 Å². The summed E-state index contributed by atoms with van der Waals surface area (Å²) in [6, 6.07) is 16.5. The molecule has 0 heterocycles. The van der Waals surface area contributed by atoms with Gasteiger partial charge < -0.3 is 4.90 Å². The third-order valence-corrected chi connectivity index (χ3v) is 4.53. The molecule has 0 radical (unpaired) electrons. The number of anilines is 2. The van der Waals surface area contributed by atoms with Crippen LogP contribution in [0.4, 0.5) is 11.4 Å². The Morgan fingerprint density at radius 1 is 0.833 bits per heavy atom. The molecule has 0 aromatic heterocycles. The van der Waals surface area contributed by atoms with Crippen LogP contribution in [0, 0.1) is 13.8 Å². The molecule has 0 atom stereocenters. The molecule has 0 aliphatic rings. The van der Waals surface area contributed by atoms with Gasteiger partial charge in [-0.3, -0.25) is 4.55 Å². The van der Waals surface area contributed by atoms with Gasteiger partial charge in [-0.1, -0.05) is 35.4 Å². The Morgan fingerprint density at radius 2 is 1.25 bits per heavy atom. The fraction of sp³-hybridized carbons (Fsp3) is 0.333. The average Bonchev–Trinajstić information content (AvgIpc) is 2.49. The van der Waals surface area contributed by atoms with E-state index in [-0.39, 0.29) is 24.6 Å². The number of rotatable bonds is 7. The Kier molecular flexibility index (Phi) is 8.05. The van der Waals surface area contributed by atoms with Gasteiger partial charge in [0.15, 0.2) is 0 Å². The summed E-state index contributed by atoms with van der Waals surface area (Å²) in [6.45, 7) is 4.79. The first-order chi connectivity index (χ1) is 10.8. The molecule has 0 amide bonds. The van der Waals surface area contributed by atoms with Gasteiger partial charge in [0.05, 0.1) is 5.75 Å². The van der Waals surface area contributed by atoms with Gasteiger partial charge in [0.25, 0.3) is 10.1 Å². The minimum absolute atomic E-state index is 0. The van der Waals surface area contributed by atoms with Crippen molar-refractivity contribution in [2.24, 2.45) is 0 Å². The summed E-state index contributed by atoms with van der Waals surface area (Å²) in [5, 5.41) is 0. The molecule has 0 bridgehead atoms. The van der Waals surface area contributed by atoms with E-state index in [4.69, 9.17) is 4.55 Å². The standard InChI is InChI=1S/C18H23NO3S.Li.H/c1-15-5-9-17(10-6-15)19(13-3-4-14-23(20,21)22)18-11-7-16(2)8-12-18;;/h5-12H,3-4,13-14H2,1-2H3,(H,20,21,22);;. The zero-order chi connectivity index (χ0) is 16.9. The normalized spacial score (nSPS) is 11.0. The van der Waals surface area contributed by atoms with Crippen LogP contribution in [-0.4, -0.2) is 44.1 Å². The number of unbranched alkanes of at least 4 members (excludes halogenated alkanes) is 1. The van der Waals surface area contributed by atoms with E-state index < -0.39 is 10.1 Å². The van der Waals surface area contributed by atoms with Gasteiger partial charge in [-0.2, -0.15) is 8.42 Å². The maximum absolute atomic E-state index is 10.8. The van der Waals surface area contributed by atoms with Gasteiger partial charge in [0.1, 0.15) is 0 Å². The van der Waals surface area contributed by atoms with Crippen LogP contribution in [0.1, 0.15) is 24.0 Å². The summed E-state index contributed by atoms with van der Waals surface area (Å²) < 4.78 is 30.5. The average molecular weight is 341 g/mol. The van der Waals surface area contributed by atoms with E-state index in [0.717, 1.165) is 11.4 Å². The predicted octanol–water partition coefficient (Wildman–Crippen LogP) is 3.46. The molecule has 2 aromatic rings. The van der Waals surface area contributed by atoms with E-state index in [2.05, 4.69) is 53.4 Å². The molecule has 4 nitrogen and oxygen atoms in total. The molecule has 0 saturated carbocycles.